The van der Waals surface area contributed by atoms with Gasteiger partial charge in [0.2, 0.25) is 47.6 Å². The van der Waals surface area contributed by atoms with Crippen molar-refractivity contribution in [2.75, 3.05) is 111 Å². The van der Waals surface area contributed by atoms with Crippen LogP contribution >= 0.6 is 0 Å². The molecule has 5 saturated heterocycles. The van der Waals surface area contributed by atoms with Gasteiger partial charge in [0.15, 0.2) is 0 Å². The van der Waals surface area contributed by atoms with Gasteiger partial charge in [-0.3, -0.25) is 0 Å². The fourth-order valence-corrected chi connectivity index (χ4v) is 23.2. The summed E-state index contributed by atoms with van der Waals surface area (Å²) in [5.74, 6) is 6.68. The first-order valence-corrected chi connectivity index (χ1v) is 52.8. The summed E-state index contributed by atoms with van der Waals surface area (Å²) < 4.78 is 0. The lowest BCUT2D eigenvalue weighted by atomic mass is 9.78. The number of aromatic nitrogens is 9. The standard InChI is InChI=1S/C103H191N22O5/c1-30-39-56-79(57-40-31-2)85-104-86(113(58-41-32-3)59-42-33-4)107-89(105-85)117(81-71-96(14,15)122(127)97(16,17)72-81)65-52-48-49-54-67-119(83-75-100(22,23)124(129)101(24,25)76-83)92-110-91(116(64-47-38-9)80-69-94(10,11)121(126)95(12,13)70-80)111-93(112-92)120(84-77-102(26,27)125(130)103(28,29)78-84)68-55-51-50-53-66-118(82-73-98(18,19)123(128)99(20,21)74-82)90-108-87(114(60-43-34-5)61-44-35-6)106-88(109-90)115(62-45-36-7)63-46-37-8/h79-84H,30-78H2,1-29H3. The fourth-order valence-electron chi connectivity index (χ4n) is 23.2. The molecule has 3 aromatic heterocycles. The van der Waals surface area contributed by atoms with Gasteiger partial charge >= 0.3 is 0 Å². The molecule has 0 atom stereocenters. The van der Waals surface area contributed by atoms with Gasteiger partial charge in [0, 0.05) is 164 Å². The average molecular weight is 1820 g/mol. The maximum absolute atomic E-state index is 14.7. The van der Waals surface area contributed by atoms with E-state index in [4.69, 9.17) is 44.9 Å². The molecular weight excluding hydrogens is 1630 g/mol. The lowest BCUT2D eigenvalue weighted by Crippen LogP contribution is -2.63. The van der Waals surface area contributed by atoms with Gasteiger partial charge in [-0.15, -0.1) is 51.4 Å². The number of nitrogens with zero attached hydrogens (tertiary/aromatic N) is 22. The first kappa shape index (κ1) is 110. The van der Waals surface area contributed by atoms with E-state index in [1.807, 2.05) is 0 Å². The smallest absolute Gasteiger partial charge is 0.232 e. The first-order valence-electron chi connectivity index (χ1n) is 52.8. The van der Waals surface area contributed by atoms with Gasteiger partial charge < -0.3 is 39.2 Å². The highest BCUT2D eigenvalue weighted by molar-refractivity contribution is 5.51. The number of hydrogen-bond donors (Lipinski definition) is 0. The van der Waals surface area contributed by atoms with Crippen molar-refractivity contribution in [1.82, 2.24) is 70.2 Å². The van der Waals surface area contributed by atoms with Gasteiger partial charge in [-0.1, -0.05) is 159 Å². The van der Waals surface area contributed by atoms with E-state index in [1.54, 1.807) is 0 Å². The number of anilines is 8. The van der Waals surface area contributed by atoms with Crippen molar-refractivity contribution < 1.29 is 26.0 Å². The minimum atomic E-state index is -0.726. The highest BCUT2D eigenvalue weighted by Gasteiger charge is 2.54. The third kappa shape index (κ3) is 29.1. The first-order chi connectivity index (χ1) is 61.1. The summed E-state index contributed by atoms with van der Waals surface area (Å²) in [5.41, 5.74) is -6.79. The average Bonchev–Trinajstić information content (AvgIpc) is 0.760. The highest BCUT2D eigenvalue weighted by atomic mass is 16.5. The van der Waals surface area contributed by atoms with Crippen LogP contribution in [0.2, 0.25) is 0 Å². The van der Waals surface area contributed by atoms with Crippen LogP contribution in [0.15, 0.2) is 0 Å². The lowest BCUT2D eigenvalue weighted by Gasteiger charge is -2.53. The largest absolute Gasteiger partial charge is 0.341 e. The Hall–Kier alpha value is -4.97. The second kappa shape index (κ2) is 48.4. The molecule has 27 nitrogen and oxygen atoms in total. The van der Waals surface area contributed by atoms with E-state index in [-0.39, 0.29) is 36.1 Å². The molecule has 0 amide bonds. The topological polar surface area (TPSA) is 258 Å². The van der Waals surface area contributed by atoms with Crippen molar-refractivity contribution in [2.45, 2.75) is 536 Å². The molecule has 0 unspecified atom stereocenters. The van der Waals surface area contributed by atoms with E-state index >= 15 is 0 Å². The molecule has 5 aliphatic heterocycles. The molecule has 3 aromatic rings. The molecule has 8 rings (SSSR count). The van der Waals surface area contributed by atoms with Gasteiger partial charge in [-0.25, -0.2) is 0 Å². The van der Waals surface area contributed by atoms with Crippen LogP contribution < -0.4 is 39.2 Å². The Bertz CT molecular complexity index is 3410. The molecule has 130 heavy (non-hydrogen) atoms. The highest BCUT2D eigenvalue weighted by Crippen LogP contribution is 2.48. The Morgan fingerprint density at radius 2 is 0.369 bits per heavy atom. The maximum Gasteiger partial charge on any atom is 0.232 e. The predicted octanol–water partition coefficient (Wildman–Crippen LogP) is 23.1. The minimum Gasteiger partial charge on any atom is -0.341 e. The summed E-state index contributed by atoms with van der Waals surface area (Å²) in [6, 6.07) is -0.343. The van der Waals surface area contributed by atoms with Crippen molar-refractivity contribution in [1.29, 1.82) is 0 Å². The molecule has 0 aromatic carbocycles. The Morgan fingerprint density at radius 3 is 0.569 bits per heavy atom. The molecule has 0 spiro atoms. The third-order valence-corrected chi connectivity index (χ3v) is 29.7. The van der Waals surface area contributed by atoms with Crippen LogP contribution in [0.3, 0.4) is 0 Å². The SMILES string of the molecule is CCCCC(CCCC)c1nc(N(CCCC)CCCC)nc(N(CCCCCCN(c2nc(N(CCCC)C3CC(C)(C)N([O])C(C)(C)C3)nc(N(CCCCCCN(c3nc(N(CCCC)CCCC)nc(N(CCCC)CCCC)n3)C3CC(C)(C)N([O])C(C)(C)C3)C3CC(C)(C)N([O])C(C)(C)C3)n2)C2CC(C)(C)N([O])C(C)(C)C2)C2CC(C)(C)N([O])C(C)(C)C2)n1. The zero-order valence-electron chi connectivity index (χ0n) is 88.5. The van der Waals surface area contributed by atoms with Crippen molar-refractivity contribution in [3.8, 4) is 0 Å². The fraction of sp³-hybridized carbons (Fsp3) is 0.913. The summed E-state index contributed by atoms with van der Waals surface area (Å²) in [7, 11) is 0. The molecule has 0 N–H and O–H groups in total. The van der Waals surface area contributed by atoms with Crippen molar-refractivity contribution >= 4 is 47.6 Å². The molecule has 0 bridgehead atoms. The van der Waals surface area contributed by atoms with Crippen molar-refractivity contribution in [2.24, 2.45) is 0 Å². The van der Waals surface area contributed by atoms with Crippen molar-refractivity contribution in [3.63, 3.8) is 0 Å². The number of unbranched alkanes of at least 4 members (excludes halogenated alkanes) is 15. The monoisotopic (exact) mass is 1820 g/mol. The van der Waals surface area contributed by atoms with Crippen LogP contribution in [-0.2, 0) is 26.0 Å². The maximum atomic E-state index is 14.7. The van der Waals surface area contributed by atoms with E-state index in [0.717, 1.165) is 255 Å². The molecule has 5 radical (unpaired) electrons. The Balaban J connectivity index is 1.24. The minimum absolute atomic E-state index is 0.00769. The summed E-state index contributed by atoms with van der Waals surface area (Å²) in [4.78, 5) is 70.8. The molecule has 0 saturated carbocycles. The van der Waals surface area contributed by atoms with Crippen molar-refractivity contribution in [3.05, 3.63) is 5.82 Å². The molecule has 8 heterocycles. The zero-order chi connectivity index (χ0) is 96.2. The molecule has 0 aliphatic carbocycles. The second-order valence-corrected chi connectivity index (χ2v) is 46.9. The van der Waals surface area contributed by atoms with Crippen LogP contribution in [0.25, 0.3) is 0 Å². The van der Waals surface area contributed by atoms with E-state index in [1.165, 1.54) is 25.3 Å². The molecule has 5 aliphatic rings. The summed E-state index contributed by atoms with van der Waals surface area (Å²) in [5, 5.41) is 79.3. The Kier molecular flexibility index (Phi) is 41.0. The van der Waals surface area contributed by atoms with E-state index in [9.17, 15) is 26.0 Å². The Labute approximate surface area is 792 Å². The lowest BCUT2D eigenvalue weighted by molar-refractivity contribution is -0.289. The normalized spacial score (nSPS) is 20.9. The van der Waals surface area contributed by atoms with Gasteiger partial charge in [0.05, 0.1) is 0 Å². The predicted molar refractivity (Wildman–Crippen MR) is 534 cm³/mol. The van der Waals surface area contributed by atoms with Crippen LogP contribution in [0.4, 0.5) is 47.6 Å². The summed E-state index contributed by atoms with van der Waals surface area (Å²) >= 11 is 0. The van der Waals surface area contributed by atoms with Gasteiger partial charge in [-0.05, 0) is 286 Å². The molecule has 743 valence electrons. The summed E-state index contributed by atoms with van der Waals surface area (Å²) in [6.45, 7) is 71.0. The second-order valence-electron chi connectivity index (χ2n) is 46.9. The summed E-state index contributed by atoms with van der Waals surface area (Å²) in [6.07, 6.45) is 34.3. The van der Waals surface area contributed by atoms with Gasteiger partial charge in [0.25, 0.3) is 0 Å². The number of piperidine rings is 5. The van der Waals surface area contributed by atoms with Crippen LogP contribution in [-0.4, -0.2) is 228 Å². The number of hydrogen-bond acceptors (Lipinski definition) is 22. The van der Waals surface area contributed by atoms with E-state index in [2.05, 4.69) is 240 Å². The van der Waals surface area contributed by atoms with Gasteiger partial charge in [0.1, 0.15) is 5.82 Å². The molecular formula is C103H191N22O5. The van der Waals surface area contributed by atoms with Gasteiger partial charge in [-0.2, -0.15) is 44.9 Å². The quantitative estimate of drug-likeness (QED) is 0.0476. The Morgan fingerprint density at radius 1 is 0.215 bits per heavy atom. The number of rotatable bonds is 55. The number of hydroxylamine groups is 10. The molecule has 27 heteroatoms. The van der Waals surface area contributed by atoms with Crippen LogP contribution in [0.5, 0.6) is 0 Å². The zero-order valence-corrected chi connectivity index (χ0v) is 88.5. The van der Waals surface area contributed by atoms with Crippen LogP contribution in [0, 0.1) is 0 Å². The van der Waals surface area contributed by atoms with E-state index < -0.39 is 55.4 Å². The van der Waals surface area contributed by atoms with E-state index in [0.29, 0.717) is 114 Å². The molecule has 5 fully saturated rings. The van der Waals surface area contributed by atoms with Crippen LogP contribution in [0.1, 0.15) is 457 Å². The third-order valence-electron chi connectivity index (χ3n) is 29.7.